The van der Waals surface area contributed by atoms with Gasteiger partial charge in [-0.15, -0.1) is 0 Å². The molecular formula is C24H30ClN3O3S. The second kappa shape index (κ2) is 9.06. The minimum Gasteiger partial charge on any atom is -0.497 e. The third-order valence-corrected chi connectivity index (χ3v) is 8.40. The number of nitrogens with zero attached hydrogens (tertiary/aromatic N) is 3. The average molecular weight is 476 g/mol. The maximum Gasteiger partial charge on any atom is 0.268 e. The van der Waals surface area contributed by atoms with Crippen LogP contribution in [0.25, 0.3) is 10.9 Å². The molecule has 2 heterocycles. The Morgan fingerprint density at radius 3 is 2.28 bits per heavy atom. The Bertz CT molecular complexity index is 1210. The minimum absolute atomic E-state index is 0.255. The summed E-state index contributed by atoms with van der Waals surface area (Å²) >= 11 is 6.82. The number of fused-ring (bicyclic) bond motifs is 1. The topological polar surface area (TPSA) is 54.8 Å². The summed E-state index contributed by atoms with van der Waals surface area (Å²) in [7, 11) is -0.161. The van der Waals surface area contributed by atoms with E-state index in [1.165, 1.54) is 3.97 Å². The van der Waals surface area contributed by atoms with Crippen molar-refractivity contribution < 1.29 is 13.2 Å². The van der Waals surface area contributed by atoms with Crippen LogP contribution < -0.4 is 4.74 Å². The van der Waals surface area contributed by atoms with E-state index in [4.69, 9.17) is 16.3 Å². The number of piperazine rings is 1. The van der Waals surface area contributed by atoms with Gasteiger partial charge in [-0.05, 0) is 48.9 Å². The molecule has 1 aromatic heterocycles. The lowest BCUT2D eigenvalue weighted by Crippen LogP contribution is -2.44. The molecule has 4 rings (SSSR count). The van der Waals surface area contributed by atoms with Gasteiger partial charge in [0, 0.05) is 38.1 Å². The second-order valence-electron chi connectivity index (χ2n) is 8.72. The monoisotopic (exact) mass is 475 g/mol. The molecule has 2 aromatic carbocycles. The number of ether oxygens (including phenoxy) is 1. The van der Waals surface area contributed by atoms with Gasteiger partial charge in [0.25, 0.3) is 10.0 Å². The van der Waals surface area contributed by atoms with Gasteiger partial charge in [0.05, 0.1) is 28.2 Å². The molecular weight excluding hydrogens is 446 g/mol. The number of halogens is 1. The van der Waals surface area contributed by atoms with E-state index in [1.54, 1.807) is 37.4 Å². The van der Waals surface area contributed by atoms with Gasteiger partial charge in [-0.3, -0.25) is 4.90 Å². The van der Waals surface area contributed by atoms with Gasteiger partial charge in [-0.1, -0.05) is 37.6 Å². The van der Waals surface area contributed by atoms with Gasteiger partial charge >= 0.3 is 0 Å². The molecule has 32 heavy (non-hydrogen) atoms. The van der Waals surface area contributed by atoms with Crippen molar-refractivity contribution in [3.05, 3.63) is 58.7 Å². The number of hydrogen-bond acceptors (Lipinski definition) is 5. The van der Waals surface area contributed by atoms with Gasteiger partial charge in [0.1, 0.15) is 5.75 Å². The number of hydrogen-bond donors (Lipinski definition) is 0. The van der Waals surface area contributed by atoms with Crippen LogP contribution in [0.5, 0.6) is 5.75 Å². The van der Waals surface area contributed by atoms with Crippen LogP contribution in [0, 0.1) is 0 Å². The van der Waals surface area contributed by atoms with E-state index in [1.807, 2.05) is 12.1 Å². The number of methoxy groups -OCH3 is 1. The first-order valence-electron chi connectivity index (χ1n) is 10.9. The summed E-state index contributed by atoms with van der Waals surface area (Å²) in [5.74, 6) is 0.968. The van der Waals surface area contributed by atoms with Crippen molar-refractivity contribution in [2.75, 3.05) is 40.3 Å². The molecule has 1 fully saturated rings. The maximum absolute atomic E-state index is 13.9. The lowest BCUT2D eigenvalue weighted by atomic mass is 10.0. The van der Waals surface area contributed by atoms with Crippen LogP contribution >= 0.6 is 11.6 Å². The highest BCUT2D eigenvalue weighted by molar-refractivity contribution is 7.90. The zero-order valence-corrected chi connectivity index (χ0v) is 20.6. The van der Waals surface area contributed by atoms with Gasteiger partial charge in [0.15, 0.2) is 0 Å². The molecule has 3 aromatic rings. The molecule has 172 valence electrons. The summed E-state index contributed by atoms with van der Waals surface area (Å²) in [5, 5.41) is 1.14. The molecule has 0 unspecified atom stereocenters. The summed E-state index contributed by atoms with van der Waals surface area (Å²) in [5.41, 5.74) is 2.25. The molecule has 0 atom stereocenters. The van der Waals surface area contributed by atoms with Gasteiger partial charge < -0.3 is 9.64 Å². The van der Waals surface area contributed by atoms with E-state index >= 15 is 0 Å². The predicted octanol–water partition coefficient (Wildman–Crippen LogP) is 4.41. The number of rotatable bonds is 6. The van der Waals surface area contributed by atoms with E-state index in [9.17, 15) is 8.42 Å². The number of aromatic nitrogens is 1. The molecule has 0 amide bonds. The van der Waals surface area contributed by atoms with Crippen molar-refractivity contribution in [3.63, 3.8) is 0 Å². The van der Waals surface area contributed by atoms with Crippen molar-refractivity contribution in [2.24, 2.45) is 0 Å². The molecule has 0 saturated carbocycles. The van der Waals surface area contributed by atoms with E-state index < -0.39 is 10.0 Å². The Morgan fingerprint density at radius 2 is 1.69 bits per heavy atom. The number of benzene rings is 2. The van der Waals surface area contributed by atoms with Crippen molar-refractivity contribution in [3.8, 4) is 5.75 Å². The highest BCUT2D eigenvalue weighted by Gasteiger charge is 2.28. The quantitative estimate of drug-likeness (QED) is 0.528. The fraction of sp³-hybridized carbons (Fsp3) is 0.417. The molecule has 1 aliphatic rings. The first-order chi connectivity index (χ1) is 15.2. The molecule has 8 heteroatoms. The summed E-state index contributed by atoms with van der Waals surface area (Å²) in [6, 6.07) is 12.5. The summed E-state index contributed by atoms with van der Waals surface area (Å²) < 4.78 is 34.5. The van der Waals surface area contributed by atoms with Gasteiger partial charge in [-0.25, -0.2) is 12.4 Å². The molecule has 0 spiro atoms. The highest BCUT2D eigenvalue weighted by atomic mass is 35.5. The number of likely N-dealkylation sites (N-methyl/N-ethyl adjacent to an activating group) is 1. The van der Waals surface area contributed by atoms with E-state index in [0.717, 1.165) is 31.7 Å². The van der Waals surface area contributed by atoms with Crippen LogP contribution in [0.4, 0.5) is 0 Å². The Morgan fingerprint density at radius 1 is 1.03 bits per heavy atom. The summed E-state index contributed by atoms with van der Waals surface area (Å²) in [6.07, 6.45) is 0. The van der Waals surface area contributed by atoms with E-state index in [-0.39, 0.29) is 4.90 Å². The zero-order valence-electron chi connectivity index (χ0n) is 19.0. The molecule has 0 aliphatic carbocycles. The van der Waals surface area contributed by atoms with Crippen LogP contribution in [0.15, 0.2) is 47.4 Å². The van der Waals surface area contributed by atoms with Crippen molar-refractivity contribution in [1.29, 1.82) is 0 Å². The minimum atomic E-state index is -3.84. The predicted molar refractivity (Wildman–Crippen MR) is 129 cm³/mol. The molecule has 0 N–H and O–H groups in total. The smallest absolute Gasteiger partial charge is 0.268 e. The lowest BCUT2D eigenvalue weighted by molar-refractivity contribution is 0.147. The van der Waals surface area contributed by atoms with E-state index in [0.29, 0.717) is 39.8 Å². The third-order valence-electron chi connectivity index (χ3n) is 6.21. The first kappa shape index (κ1) is 23.1. The van der Waals surface area contributed by atoms with Crippen LogP contribution in [0.2, 0.25) is 5.02 Å². The largest absolute Gasteiger partial charge is 0.497 e. The Kier molecular flexibility index (Phi) is 6.54. The normalized spacial score (nSPS) is 16.2. The first-order valence-corrected chi connectivity index (χ1v) is 12.7. The van der Waals surface area contributed by atoms with Crippen LogP contribution in [0.3, 0.4) is 0 Å². The second-order valence-corrected chi connectivity index (χ2v) is 10.9. The molecule has 6 nitrogen and oxygen atoms in total. The molecule has 1 aliphatic heterocycles. The van der Waals surface area contributed by atoms with Gasteiger partial charge in [0.2, 0.25) is 0 Å². The molecule has 1 saturated heterocycles. The van der Waals surface area contributed by atoms with Crippen molar-refractivity contribution in [2.45, 2.75) is 31.2 Å². The average Bonchev–Trinajstić information content (AvgIpc) is 3.06. The fourth-order valence-electron chi connectivity index (χ4n) is 4.14. The highest BCUT2D eigenvalue weighted by Crippen LogP contribution is 2.37. The third kappa shape index (κ3) is 4.27. The van der Waals surface area contributed by atoms with Crippen LogP contribution in [-0.4, -0.2) is 62.5 Å². The Labute approximate surface area is 195 Å². The summed E-state index contributed by atoms with van der Waals surface area (Å²) in [4.78, 5) is 4.78. The SMILES string of the molecule is COc1ccc2c(c1)c(Cl)c(CN1CCN(C)CC1)n2S(=O)(=O)c1ccc(C(C)C)cc1. The fourth-order valence-corrected chi connectivity index (χ4v) is 6.04. The summed E-state index contributed by atoms with van der Waals surface area (Å²) in [6.45, 7) is 8.24. The molecule has 0 bridgehead atoms. The Hall–Kier alpha value is -2.06. The van der Waals surface area contributed by atoms with Crippen LogP contribution in [-0.2, 0) is 16.6 Å². The maximum atomic E-state index is 13.9. The standard InChI is InChI=1S/C24H30ClN3O3S/c1-17(2)18-5-8-20(9-6-18)32(29,30)28-22-10-7-19(31-4)15-21(22)24(25)23(28)16-27-13-11-26(3)12-14-27/h5-10,15,17H,11-14,16H2,1-4H3. The van der Waals surface area contributed by atoms with Gasteiger partial charge in [-0.2, -0.15) is 0 Å². The van der Waals surface area contributed by atoms with E-state index in [2.05, 4.69) is 30.7 Å². The Balaban J connectivity index is 1.85. The zero-order chi connectivity index (χ0) is 23.0. The van der Waals surface area contributed by atoms with Crippen LogP contribution in [0.1, 0.15) is 31.0 Å². The lowest BCUT2D eigenvalue weighted by Gasteiger charge is -2.32. The van der Waals surface area contributed by atoms with Crippen molar-refractivity contribution >= 4 is 32.5 Å². The molecule has 0 radical (unpaired) electrons. The van der Waals surface area contributed by atoms with Crippen molar-refractivity contribution in [1.82, 2.24) is 13.8 Å².